The van der Waals surface area contributed by atoms with Crippen LogP contribution in [0.1, 0.15) is 50.4 Å². The number of carbonyl (C=O) groups is 2. The molecule has 0 unspecified atom stereocenters. The van der Waals surface area contributed by atoms with Crippen LogP contribution in [0.2, 0.25) is 0 Å². The Kier molecular flexibility index (Phi) is 6.53. The van der Waals surface area contributed by atoms with Gasteiger partial charge in [-0.3, -0.25) is 9.59 Å². The Morgan fingerprint density at radius 2 is 1.96 bits per heavy atom. The topological polar surface area (TPSA) is 68.7 Å². The van der Waals surface area contributed by atoms with Gasteiger partial charge in [-0.25, -0.2) is 4.98 Å². The van der Waals surface area contributed by atoms with Crippen molar-refractivity contribution < 1.29 is 19.1 Å². The number of piperidine rings is 1. The molecule has 0 aliphatic carbocycles. The van der Waals surface area contributed by atoms with E-state index in [4.69, 9.17) is 9.47 Å². The number of ether oxygens (including phenoxy) is 2. The SMILES string of the molecule is CCOC(=O)C(C)(C)CC(=O)c1ccc(OC2CCN(C)CC2)nc1. The molecule has 1 aromatic rings. The van der Waals surface area contributed by atoms with Crippen molar-refractivity contribution in [3.63, 3.8) is 0 Å². The van der Waals surface area contributed by atoms with Crippen LogP contribution in [0.4, 0.5) is 0 Å². The molecule has 6 heteroatoms. The summed E-state index contributed by atoms with van der Waals surface area (Å²) < 4.78 is 10.9. The monoisotopic (exact) mass is 348 g/mol. The van der Waals surface area contributed by atoms with Gasteiger partial charge in [-0.2, -0.15) is 0 Å². The number of likely N-dealkylation sites (tertiary alicyclic amines) is 1. The number of aromatic nitrogens is 1. The molecule has 1 aromatic heterocycles. The molecule has 0 radical (unpaired) electrons. The second kappa shape index (κ2) is 8.43. The van der Waals surface area contributed by atoms with Gasteiger partial charge in [0.2, 0.25) is 5.88 Å². The first-order chi connectivity index (χ1) is 11.8. The quantitative estimate of drug-likeness (QED) is 0.557. The van der Waals surface area contributed by atoms with Gasteiger partial charge in [0, 0.05) is 37.3 Å². The summed E-state index contributed by atoms with van der Waals surface area (Å²) in [7, 11) is 2.10. The highest BCUT2D eigenvalue weighted by Gasteiger charge is 2.32. The van der Waals surface area contributed by atoms with E-state index in [1.807, 2.05) is 0 Å². The standard InChI is InChI=1S/C19H28N2O4/c1-5-24-18(23)19(2,3)12-16(22)14-6-7-17(20-13-14)25-15-8-10-21(4)11-9-15/h6-7,13,15H,5,8-12H2,1-4H3. The van der Waals surface area contributed by atoms with Crippen molar-refractivity contribution in [1.29, 1.82) is 0 Å². The van der Waals surface area contributed by atoms with Gasteiger partial charge in [0.15, 0.2) is 5.78 Å². The lowest BCUT2D eigenvalue weighted by molar-refractivity contribution is -0.153. The van der Waals surface area contributed by atoms with Gasteiger partial charge in [0.1, 0.15) is 6.10 Å². The first-order valence-corrected chi connectivity index (χ1v) is 8.83. The van der Waals surface area contributed by atoms with Crippen molar-refractivity contribution in [1.82, 2.24) is 9.88 Å². The van der Waals surface area contributed by atoms with Crippen molar-refractivity contribution in [2.75, 3.05) is 26.7 Å². The van der Waals surface area contributed by atoms with Crippen molar-refractivity contribution in [3.05, 3.63) is 23.9 Å². The van der Waals surface area contributed by atoms with E-state index in [9.17, 15) is 9.59 Å². The zero-order chi connectivity index (χ0) is 18.4. The van der Waals surface area contributed by atoms with Gasteiger partial charge in [-0.05, 0) is 46.7 Å². The molecule has 0 bridgehead atoms. The van der Waals surface area contributed by atoms with Gasteiger partial charge in [-0.15, -0.1) is 0 Å². The zero-order valence-electron chi connectivity index (χ0n) is 15.6. The lowest BCUT2D eigenvalue weighted by Gasteiger charge is -2.28. The Morgan fingerprint density at radius 3 is 2.52 bits per heavy atom. The van der Waals surface area contributed by atoms with Crippen LogP contribution in [-0.2, 0) is 9.53 Å². The Morgan fingerprint density at radius 1 is 1.28 bits per heavy atom. The largest absolute Gasteiger partial charge is 0.474 e. The van der Waals surface area contributed by atoms with E-state index in [1.54, 1.807) is 32.9 Å². The van der Waals surface area contributed by atoms with Crippen LogP contribution in [-0.4, -0.2) is 54.5 Å². The summed E-state index contributed by atoms with van der Waals surface area (Å²) in [5, 5.41) is 0. The van der Waals surface area contributed by atoms with Crippen molar-refractivity contribution in [2.45, 2.75) is 46.1 Å². The summed E-state index contributed by atoms with van der Waals surface area (Å²) in [4.78, 5) is 30.9. The molecule has 138 valence electrons. The molecule has 0 saturated carbocycles. The maximum Gasteiger partial charge on any atom is 0.311 e. The molecule has 1 aliphatic heterocycles. The van der Waals surface area contributed by atoms with Crippen LogP contribution in [0, 0.1) is 5.41 Å². The summed E-state index contributed by atoms with van der Waals surface area (Å²) in [6, 6.07) is 3.43. The van der Waals surface area contributed by atoms with Gasteiger partial charge in [-0.1, -0.05) is 0 Å². The maximum absolute atomic E-state index is 12.4. The van der Waals surface area contributed by atoms with Crippen molar-refractivity contribution >= 4 is 11.8 Å². The Hall–Kier alpha value is -1.95. The maximum atomic E-state index is 12.4. The molecule has 0 spiro atoms. The van der Waals surface area contributed by atoms with Crippen molar-refractivity contribution in [2.24, 2.45) is 5.41 Å². The van der Waals surface area contributed by atoms with Crippen LogP contribution >= 0.6 is 0 Å². The van der Waals surface area contributed by atoms with E-state index in [2.05, 4.69) is 16.9 Å². The van der Waals surface area contributed by atoms with E-state index in [-0.39, 0.29) is 24.3 Å². The Balaban J connectivity index is 1.92. The smallest absolute Gasteiger partial charge is 0.311 e. The molecule has 2 rings (SSSR count). The molecule has 0 amide bonds. The average Bonchev–Trinajstić information content (AvgIpc) is 2.57. The molecule has 2 heterocycles. The van der Waals surface area contributed by atoms with Crippen LogP contribution < -0.4 is 4.74 Å². The summed E-state index contributed by atoms with van der Waals surface area (Å²) in [5.74, 6) is 0.0469. The summed E-state index contributed by atoms with van der Waals surface area (Å²) in [5.41, 5.74) is -0.371. The van der Waals surface area contributed by atoms with Gasteiger partial charge < -0.3 is 14.4 Å². The predicted molar refractivity (Wildman–Crippen MR) is 94.7 cm³/mol. The van der Waals surface area contributed by atoms with E-state index >= 15 is 0 Å². The zero-order valence-corrected chi connectivity index (χ0v) is 15.6. The number of esters is 1. The summed E-state index contributed by atoms with van der Waals surface area (Å²) >= 11 is 0. The molecular weight excluding hydrogens is 320 g/mol. The number of carbonyl (C=O) groups excluding carboxylic acids is 2. The molecule has 1 fully saturated rings. The van der Waals surface area contributed by atoms with Crippen LogP contribution in [0.15, 0.2) is 18.3 Å². The normalized spacial score (nSPS) is 16.5. The lowest BCUT2D eigenvalue weighted by atomic mass is 9.86. The fourth-order valence-corrected chi connectivity index (χ4v) is 2.79. The molecule has 1 saturated heterocycles. The summed E-state index contributed by atoms with van der Waals surface area (Å²) in [6.45, 7) is 7.53. The third-order valence-electron chi connectivity index (χ3n) is 4.44. The van der Waals surface area contributed by atoms with Crippen molar-refractivity contribution in [3.8, 4) is 5.88 Å². The number of pyridine rings is 1. The minimum atomic E-state index is -0.851. The molecule has 0 atom stereocenters. The lowest BCUT2D eigenvalue weighted by Crippen LogP contribution is -2.35. The fourth-order valence-electron chi connectivity index (χ4n) is 2.79. The molecule has 0 N–H and O–H groups in total. The van der Waals surface area contributed by atoms with Gasteiger partial charge in [0.05, 0.1) is 12.0 Å². The second-order valence-corrected chi connectivity index (χ2v) is 7.21. The van der Waals surface area contributed by atoms with Gasteiger partial charge in [0.25, 0.3) is 0 Å². The summed E-state index contributed by atoms with van der Waals surface area (Å²) in [6.07, 6.45) is 3.74. The van der Waals surface area contributed by atoms with Crippen LogP contribution in [0.5, 0.6) is 5.88 Å². The third-order valence-corrected chi connectivity index (χ3v) is 4.44. The molecule has 6 nitrogen and oxygen atoms in total. The first-order valence-electron chi connectivity index (χ1n) is 8.83. The van der Waals surface area contributed by atoms with E-state index in [0.29, 0.717) is 18.1 Å². The average molecular weight is 348 g/mol. The number of ketones is 1. The molecular formula is C19H28N2O4. The molecule has 25 heavy (non-hydrogen) atoms. The minimum absolute atomic E-state index is 0.0860. The first kappa shape index (κ1) is 19.4. The third kappa shape index (κ3) is 5.53. The van der Waals surface area contributed by atoms with Gasteiger partial charge >= 0.3 is 5.97 Å². The highest BCUT2D eigenvalue weighted by molar-refractivity contribution is 5.98. The number of hydrogen-bond acceptors (Lipinski definition) is 6. The fraction of sp³-hybridized carbons (Fsp3) is 0.632. The predicted octanol–water partition coefficient (Wildman–Crippen LogP) is 2.72. The van der Waals surface area contributed by atoms with Crippen LogP contribution in [0.25, 0.3) is 0 Å². The molecule has 1 aliphatic rings. The van der Waals surface area contributed by atoms with E-state index in [0.717, 1.165) is 25.9 Å². The number of Topliss-reactive ketones (excluding diaryl/α,β-unsaturated/α-hetero) is 1. The minimum Gasteiger partial charge on any atom is -0.474 e. The highest BCUT2D eigenvalue weighted by Crippen LogP contribution is 2.25. The van der Waals surface area contributed by atoms with E-state index in [1.165, 1.54) is 6.20 Å². The number of nitrogens with zero attached hydrogens (tertiary/aromatic N) is 2. The Labute approximate surface area is 149 Å². The number of hydrogen-bond donors (Lipinski definition) is 0. The highest BCUT2D eigenvalue weighted by atomic mass is 16.5. The van der Waals surface area contributed by atoms with E-state index < -0.39 is 5.41 Å². The number of rotatable bonds is 7. The molecule has 0 aromatic carbocycles. The second-order valence-electron chi connectivity index (χ2n) is 7.21. The Bertz CT molecular complexity index is 590. The van der Waals surface area contributed by atoms with Crippen LogP contribution in [0.3, 0.4) is 0 Å².